The number of unbranched alkanes of at least 4 members (excludes halogenated alkanes) is 19. The molecule has 0 fully saturated rings. The van der Waals surface area contributed by atoms with Crippen molar-refractivity contribution in [3.05, 3.63) is 134 Å². The number of hydrogen-bond donors (Lipinski definition) is 0. The number of carbonyl (C=O) groups is 2. The van der Waals surface area contributed by atoms with Gasteiger partial charge in [-0.15, -0.1) is 0 Å². The number of hydrogen-bond acceptors (Lipinski definition) is 8. The minimum absolute atomic E-state index is 0.0407. The summed E-state index contributed by atoms with van der Waals surface area (Å²) in [7, 11) is 1.14. The smallest absolute Gasteiger partial charge is 0.306 e. The highest BCUT2D eigenvalue weighted by Crippen LogP contribution is 2.38. The van der Waals surface area contributed by atoms with Gasteiger partial charge in [-0.2, -0.15) is 0 Å². The second-order valence-corrected chi connectivity index (χ2v) is 22.7. The first-order chi connectivity index (χ1) is 38.0. The fraction of sp³-hybridized carbons (Fsp3) is 0.647. The van der Waals surface area contributed by atoms with Crippen molar-refractivity contribution >= 4 is 19.8 Å². The average molecular weight is 1100 g/mol. The summed E-state index contributed by atoms with van der Waals surface area (Å²) in [5.41, 5.74) is 0. The highest BCUT2D eigenvalue weighted by molar-refractivity contribution is 7.45. The van der Waals surface area contributed by atoms with Crippen molar-refractivity contribution in [3.8, 4) is 0 Å². The second-order valence-electron chi connectivity index (χ2n) is 21.3. The van der Waals surface area contributed by atoms with E-state index in [9.17, 15) is 19.0 Å². The summed E-state index contributed by atoms with van der Waals surface area (Å²) < 4.78 is 34.2. The lowest BCUT2D eigenvalue weighted by Crippen LogP contribution is -2.37. The number of rotatable bonds is 55. The van der Waals surface area contributed by atoms with Gasteiger partial charge in [0.15, 0.2) is 6.10 Å². The van der Waals surface area contributed by atoms with Gasteiger partial charge in [-0.1, -0.05) is 237 Å². The first-order valence-corrected chi connectivity index (χ1v) is 32.4. The predicted molar refractivity (Wildman–Crippen MR) is 332 cm³/mol. The molecule has 0 amide bonds. The normalized spacial score (nSPS) is 14.2. The van der Waals surface area contributed by atoms with Crippen molar-refractivity contribution in [1.29, 1.82) is 0 Å². The molecule has 9 nitrogen and oxygen atoms in total. The van der Waals surface area contributed by atoms with Crippen molar-refractivity contribution < 1.29 is 42.1 Å². The van der Waals surface area contributed by atoms with Crippen LogP contribution < -0.4 is 4.89 Å². The number of phosphoric acid groups is 1. The molecule has 10 heteroatoms. The summed E-state index contributed by atoms with van der Waals surface area (Å²) >= 11 is 0. The lowest BCUT2D eigenvalue weighted by Gasteiger charge is -2.28. The monoisotopic (exact) mass is 1100 g/mol. The van der Waals surface area contributed by atoms with E-state index in [4.69, 9.17) is 18.5 Å². The molecule has 0 radical (unpaired) electrons. The molecule has 0 aliphatic rings. The topological polar surface area (TPSA) is 111 Å². The van der Waals surface area contributed by atoms with E-state index in [2.05, 4.69) is 148 Å². The highest BCUT2D eigenvalue weighted by atomic mass is 31.2. The number of allylic oxidation sites excluding steroid dienone is 22. The lowest BCUT2D eigenvalue weighted by atomic mass is 10.1. The van der Waals surface area contributed by atoms with Crippen molar-refractivity contribution in [2.75, 3.05) is 47.5 Å². The van der Waals surface area contributed by atoms with Crippen LogP contribution in [0.4, 0.5) is 0 Å². The van der Waals surface area contributed by atoms with Gasteiger partial charge >= 0.3 is 11.9 Å². The maximum absolute atomic E-state index is 12.8. The second kappa shape index (κ2) is 57.8. The Morgan fingerprint density at radius 1 is 0.410 bits per heavy atom. The third-order valence-electron chi connectivity index (χ3n) is 12.7. The summed E-state index contributed by atoms with van der Waals surface area (Å²) in [6.45, 7) is 4.07. The zero-order valence-electron chi connectivity index (χ0n) is 50.3. The largest absolute Gasteiger partial charge is 0.756 e. The Morgan fingerprint density at radius 2 is 0.731 bits per heavy atom. The summed E-state index contributed by atoms with van der Waals surface area (Å²) in [5, 5.41) is 0. The van der Waals surface area contributed by atoms with E-state index in [1.165, 1.54) is 70.6 Å². The van der Waals surface area contributed by atoms with Crippen LogP contribution in [0.5, 0.6) is 0 Å². The molecule has 0 heterocycles. The summed E-state index contributed by atoms with van der Waals surface area (Å²) in [5.74, 6) is -0.858. The Balaban J connectivity index is 4.19. The summed E-state index contributed by atoms with van der Waals surface area (Å²) in [4.78, 5) is 37.9. The quantitative estimate of drug-likeness (QED) is 0.0195. The van der Waals surface area contributed by atoms with Crippen LogP contribution in [0.25, 0.3) is 0 Å². The fourth-order valence-corrected chi connectivity index (χ4v) is 8.64. The summed E-state index contributed by atoms with van der Waals surface area (Å²) in [6.07, 6.45) is 83.5. The Morgan fingerprint density at radius 3 is 1.09 bits per heavy atom. The van der Waals surface area contributed by atoms with Gasteiger partial charge in [-0.3, -0.25) is 14.2 Å². The third-order valence-corrected chi connectivity index (χ3v) is 13.6. The van der Waals surface area contributed by atoms with E-state index in [0.717, 1.165) is 128 Å². The van der Waals surface area contributed by atoms with Crippen LogP contribution in [0.1, 0.15) is 232 Å². The molecule has 78 heavy (non-hydrogen) atoms. The zero-order valence-corrected chi connectivity index (χ0v) is 51.2. The first-order valence-electron chi connectivity index (χ1n) is 30.9. The molecule has 0 aliphatic heterocycles. The first kappa shape index (κ1) is 74.2. The number of ether oxygens (including phenoxy) is 2. The molecule has 0 aromatic rings. The van der Waals surface area contributed by atoms with Crippen molar-refractivity contribution in [3.63, 3.8) is 0 Å². The SMILES string of the molecule is CC/C=C\C/C=C\C/C=C\C/C=C\C/C=C\C/C=C\C/C=C\C/C=C\C/C=C\CCCCCCCCCC(=O)OC(COC(=O)CCCCCCCCCCC/C=C\C/C=C\CCCCC)COP(=O)([O-])OCC[N+](C)(C)C. The molecule has 0 N–H and O–H groups in total. The molecule has 0 saturated heterocycles. The Hall–Kier alpha value is -3.85. The number of carbonyl (C=O) groups excluding carboxylic acids is 2. The van der Waals surface area contributed by atoms with E-state index in [1.807, 2.05) is 21.1 Å². The van der Waals surface area contributed by atoms with Crippen molar-refractivity contribution in [1.82, 2.24) is 0 Å². The fourth-order valence-electron chi connectivity index (χ4n) is 7.91. The van der Waals surface area contributed by atoms with E-state index < -0.39 is 32.5 Å². The molecule has 0 aromatic heterocycles. The van der Waals surface area contributed by atoms with Crippen LogP contribution in [0.3, 0.4) is 0 Å². The van der Waals surface area contributed by atoms with Crippen LogP contribution in [-0.4, -0.2) is 70.0 Å². The van der Waals surface area contributed by atoms with Crippen LogP contribution >= 0.6 is 7.82 Å². The molecule has 2 atom stereocenters. The molecule has 0 rings (SSSR count). The molecule has 0 bridgehead atoms. The van der Waals surface area contributed by atoms with Gasteiger partial charge in [0, 0.05) is 12.8 Å². The number of nitrogens with zero attached hydrogens (tertiary/aromatic N) is 1. The Kier molecular flexibility index (Phi) is 55.0. The van der Waals surface area contributed by atoms with Gasteiger partial charge in [0.2, 0.25) is 0 Å². The van der Waals surface area contributed by atoms with Crippen LogP contribution in [0.2, 0.25) is 0 Å². The Labute approximate surface area is 479 Å². The van der Waals surface area contributed by atoms with Gasteiger partial charge in [-0.05, 0) is 116 Å². The summed E-state index contributed by atoms with van der Waals surface area (Å²) in [6, 6.07) is 0. The number of quaternary nitrogens is 1. The van der Waals surface area contributed by atoms with E-state index >= 15 is 0 Å². The standard InChI is InChI=1S/C68H114NO8P/c1-6-8-10-12-14-16-18-20-22-24-26-27-28-29-30-31-32-33-34-35-36-37-38-39-40-41-43-45-47-49-51-53-55-57-59-61-68(71)77-66(65-76-78(72,73)75-63-62-69(3,4)5)64-74-67(70)60-58-56-54-52-50-48-46-44-42-25-23-21-19-17-15-13-11-9-7-2/h8,10,14-17,20-23,26-27,29-30,32-33,35-36,38-39,41,43,66H,6-7,9,11-13,18-19,24-25,28,31,34,37,40,42,44-65H2,1-5H3/b10-8-,16-14-,17-15-,22-20-,23-21-,27-26-,30-29-,33-32-,36-35-,39-38-,43-41-. The molecule has 0 spiro atoms. The lowest BCUT2D eigenvalue weighted by molar-refractivity contribution is -0.870. The molecular weight excluding hydrogens is 990 g/mol. The number of esters is 2. The van der Waals surface area contributed by atoms with E-state index in [0.29, 0.717) is 17.4 Å². The van der Waals surface area contributed by atoms with Crippen LogP contribution in [0, 0.1) is 0 Å². The maximum atomic E-state index is 12.8. The van der Waals surface area contributed by atoms with E-state index in [1.54, 1.807) is 0 Å². The maximum Gasteiger partial charge on any atom is 0.306 e. The predicted octanol–water partition coefficient (Wildman–Crippen LogP) is 19.1. The highest BCUT2D eigenvalue weighted by Gasteiger charge is 2.22. The molecule has 2 unspecified atom stereocenters. The third kappa shape index (κ3) is 61.4. The van der Waals surface area contributed by atoms with Crippen LogP contribution in [0.15, 0.2) is 134 Å². The molecule has 0 saturated carbocycles. The number of phosphoric ester groups is 1. The van der Waals surface area contributed by atoms with Crippen molar-refractivity contribution in [2.45, 2.75) is 238 Å². The van der Waals surface area contributed by atoms with Gasteiger partial charge in [0.25, 0.3) is 7.82 Å². The number of likely N-dealkylation sites (N-methyl/N-ethyl adjacent to an activating group) is 1. The zero-order chi connectivity index (χ0) is 57.0. The van der Waals surface area contributed by atoms with Gasteiger partial charge in [0.05, 0.1) is 27.7 Å². The van der Waals surface area contributed by atoms with E-state index in [-0.39, 0.29) is 26.1 Å². The van der Waals surface area contributed by atoms with Gasteiger partial charge in [-0.25, -0.2) is 0 Å². The van der Waals surface area contributed by atoms with Gasteiger partial charge in [0.1, 0.15) is 19.8 Å². The molecule has 0 aliphatic carbocycles. The molecule has 444 valence electrons. The van der Waals surface area contributed by atoms with Gasteiger partial charge < -0.3 is 27.9 Å². The van der Waals surface area contributed by atoms with Crippen molar-refractivity contribution in [2.24, 2.45) is 0 Å². The minimum atomic E-state index is -4.65. The molecular formula is C68H114NO8P. The van der Waals surface area contributed by atoms with Crippen LogP contribution in [-0.2, 0) is 32.7 Å². The molecule has 0 aromatic carbocycles. The average Bonchev–Trinajstić information content (AvgIpc) is 3.41. The Bertz CT molecular complexity index is 1780. The minimum Gasteiger partial charge on any atom is -0.756 e.